The van der Waals surface area contributed by atoms with Gasteiger partial charge in [0.15, 0.2) is 0 Å². The Morgan fingerprint density at radius 3 is 1.25 bits per heavy atom. The van der Waals surface area contributed by atoms with E-state index in [4.69, 9.17) is 15.3 Å². The normalized spacial score (nSPS) is 6.50. The second-order valence-electron chi connectivity index (χ2n) is 1.46. The quantitative estimate of drug-likeness (QED) is 0.494. The second kappa shape index (κ2) is 43.4. The number of aliphatic hydroxyl groups excluding tert-OH is 3. The average molecular weight is 204 g/mol. The number of halogens is 1. The molecular formula is C7H22ClNO3. The van der Waals surface area contributed by atoms with Crippen molar-refractivity contribution < 1.29 is 15.3 Å². The number of nitrogens with one attached hydrogen (secondary N) is 1. The van der Waals surface area contributed by atoms with Crippen LogP contribution >= 0.6 is 12.4 Å². The monoisotopic (exact) mass is 203 g/mol. The molecule has 0 aliphatic heterocycles. The summed E-state index contributed by atoms with van der Waals surface area (Å²) in [6.07, 6.45) is 0. The van der Waals surface area contributed by atoms with E-state index >= 15 is 0 Å². The largest absolute Gasteiger partial charge is 0.397 e. The van der Waals surface area contributed by atoms with Gasteiger partial charge in [0.25, 0.3) is 0 Å². The van der Waals surface area contributed by atoms with Crippen LogP contribution in [-0.4, -0.2) is 48.7 Å². The molecule has 4 nitrogen and oxygen atoms in total. The molecule has 0 aliphatic rings. The Hall–Kier alpha value is 0.130. The van der Waals surface area contributed by atoms with Crippen LogP contribution in [0, 0.1) is 0 Å². The molecule has 0 aromatic rings. The fraction of sp³-hybridized carbons (Fsp3) is 1.00. The van der Waals surface area contributed by atoms with Crippen LogP contribution in [0.3, 0.4) is 0 Å². The first kappa shape index (κ1) is 22.7. The van der Waals surface area contributed by atoms with E-state index in [1.165, 1.54) is 0 Å². The van der Waals surface area contributed by atoms with Gasteiger partial charge in [-0.2, -0.15) is 0 Å². The first-order valence-electron chi connectivity index (χ1n) is 3.72. The van der Waals surface area contributed by atoms with Crippen molar-refractivity contribution in [2.75, 3.05) is 33.4 Å². The van der Waals surface area contributed by atoms with Gasteiger partial charge in [-0.1, -0.05) is 0 Å². The maximum Gasteiger partial charge on any atom is 0.0555 e. The third-order valence-corrected chi connectivity index (χ3v) is 0.362. The summed E-state index contributed by atoms with van der Waals surface area (Å²) in [7, 11) is 1.80. The minimum atomic E-state index is 0. The van der Waals surface area contributed by atoms with E-state index in [9.17, 15) is 0 Å². The van der Waals surface area contributed by atoms with Gasteiger partial charge in [-0.25, -0.2) is 0 Å². The van der Waals surface area contributed by atoms with E-state index < -0.39 is 0 Å². The Balaban J connectivity index is -0.0000000406. The van der Waals surface area contributed by atoms with Crippen LogP contribution in [0.4, 0.5) is 0 Å². The maximum atomic E-state index is 8.00. The van der Waals surface area contributed by atoms with Crippen molar-refractivity contribution in [1.29, 1.82) is 0 Å². The number of aliphatic hydroxyl groups is 3. The fourth-order valence-corrected chi connectivity index (χ4v) is 0.112. The van der Waals surface area contributed by atoms with E-state index in [1.807, 2.05) is 0 Å². The molecule has 0 amide bonds. The molecule has 0 aliphatic carbocycles. The lowest BCUT2D eigenvalue weighted by Gasteiger charge is -1.84. The molecule has 4 N–H and O–H groups in total. The molecule has 12 heavy (non-hydrogen) atoms. The van der Waals surface area contributed by atoms with Crippen LogP contribution in [0.15, 0.2) is 0 Å². The van der Waals surface area contributed by atoms with Crippen LogP contribution in [0.2, 0.25) is 0 Å². The number of hydrogen-bond acceptors (Lipinski definition) is 4. The molecule has 0 heterocycles. The van der Waals surface area contributed by atoms with Gasteiger partial charge in [0.05, 0.1) is 6.61 Å². The highest BCUT2D eigenvalue weighted by Crippen LogP contribution is 1.42. The highest BCUT2D eigenvalue weighted by Gasteiger charge is 1.65. The highest BCUT2D eigenvalue weighted by atomic mass is 35.5. The molecule has 0 spiro atoms. The summed E-state index contributed by atoms with van der Waals surface area (Å²) in [4.78, 5) is 0. The van der Waals surface area contributed by atoms with E-state index in [1.54, 1.807) is 20.9 Å². The summed E-state index contributed by atoms with van der Waals surface area (Å²) in [6.45, 7) is 4.79. The fourth-order valence-electron chi connectivity index (χ4n) is 0.112. The smallest absolute Gasteiger partial charge is 0.0555 e. The molecule has 5 heteroatoms. The number of rotatable bonds is 2. The predicted octanol–water partition coefficient (Wildman–Crippen LogP) is -0.383. The van der Waals surface area contributed by atoms with Crippen molar-refractivity contribution >= 4 is 12.4 Å². The van der Waals surface area contributed by atoms with E-state index in [-0.39, 0.29) is 32.2 Å². The van der Waals surface area contributed by atoms with Crippen LogP contribution in [0.25, 0.3) is 0 Å². The first-order valence-corrected chi connectivity index (χ1v) is 3.72. The molecule has 0 saturated heterocycles. The standard InChI is InChI=1S/C3H9NO.2C2H6O.ClH/c1-4-2-3-5;2*1-2-3;/h4-5H,2-3H2,1H3;2*3H,2H2,1H3;1H. The summed E-state index contributed by atoms with van der Waals surface area (Å²) in [5.41, 5.74) is 0. The molecule has 80 valence electrons. The minimum absolute atomic E-state index is 0. The third-order valence-electron chi connectivity index (χ3n) is 0.362. The van der Waals surface area contributed by atoms with Gasteiger partial charge in [0.1, 0.15) is 0 Å². The van der Waals surface area contributed by atoms with Crippen molar-refractivity contribution in [1.82, 2.24) is 5.32 Å². The third kappa shape index (κ3) is 186. The van der Waals surface area contributed by atoms with Gasteiger partial charge in [0.2, 0.25) is 0 Å². The van der Waals surface area contributed by atoms with Crippen molar-refractivity contribution in [2.45, 2.75) is 13.8 Å². The zero-order valence-electron chi connectivity index (χ0n) is 8.08. The SMILES string of the molecule is CCO.CCO.CNCCO.Cl. The highest BCUT2D eigenvalue weighted by molar-refractivity contribution is 5.85. The zero-order chi connectivity index (χ0) is 9.54. The summed E-state index contributed by atoms with van der Waals surface area (Å²) in [5, 5.41) is 25.9. The van der Waals surface area contributed by atoms with Crippen LogP contribution in [-0.2, 0) is 0 Å². The van der Waals surface area contributed by atoms with Gasteiger partial charge < -0.3 is 20.6 Å². The Morgan fingerprint density at radius 1 is 1.00 bits per heavy atom. The molecule has 0 unspecified atom stereocenters. The second-order valence-corrected chi connectivity index (χ2v) is 1.46. The molecule has 0 aromatic heterocycles. The van der Waals surface area contributed by atoms with E-state index in [0.717, 1.165) is 0 Å². The predicted molar refractivity (Wildman–Crippen MR) is 53.8 cm³/mol. The van der Waals surface area contributed by atoms with Gasteiger partial charge in [-0.05, 0) is 20.9 Å². The first-order chi connectivity index (χ1) is 5.24. The Bertz CT molecular complexity index is 37.8. The Morgan fingerprint density at radius 2 is 1.25 bits per heavy atom. The van der Waals surface area contributed by atoms with Crippen molar-refractivity contribution in [3.63, 3.8) is 0 Å². The van der Waals surface area contributed by atoms with Gasteiger partial charge in [-0.15, -0.1) is 12.4 Å². The molecule has 0 atom stereocenters. The van der Waals surface area contributed by atoms with Crippen LogP contribution in [0.1, 0.15) is 13.8 Å². The average Bonchev–Trinajstić information content (AvgIpc) is 1.92. The van der Waals surface area contributed by atoms with Crippen molar-refractivity contribution in [2.24, 2.45) is 0 Å². The molecule has 0 fully saturated rings. The lowest BCUT2D eigenvalue weighted by Crippen LogP contribution is -2.10. The van der Waals surface area contributed by atoms with Gasteiger partial charge >= 0.3 is 0 Å². The topological polar surface area (TPSA) is 72.7 Å². The summed E-state index contributed by atoms with van der Waals surface area (Å²) in [6, 6.07) is 0. The number of hydrogen-bond donors (Lipinski definition) is 4. The molecular weight excluding hydrogens is 182 g/mol. The molecule has 0 rings (SSSR count). The van der Waals surface area contributed by atoms with Crippen molar-refractivity contribution in [3.05, 3.63) is 0 Å². The zero-order valence-corrected chi connectivity index (χ0v) is 8.89. The minimum Gasteiger partial charge on any atom is -0.397 e. The summed E-state index contributed by atoms with van der Waals surface area (Å²) >= 11 is 0. The maximum absolute atomic E-state index is 8.00. The van der Waals surface area contributed by atoms with Gasteiger partial charge in [-0.3, -0.25) is 0 Å². The van der Waals surface area contributed by atoms with Crippen LogP contribution < -0.4 is 5.32 Å². The Labute approximate surface area is 81.0 Å². The molecule has 0 aromatic carbocycles. The summed E-state index contributed by atoms with van der Waals surface area (Å²) < 4.78 is 0. The molecule has 0 bridgehead atoms. The van der Waals surface area contributed by atoms with E-state index in [2.05, 4.69) is 5.32 Å². The van der Waals surface area contributed by atoms with Crippen molar-refractivity contribution in [3.8, 4) is 0 Å². The lowest BCUT2D eigenvalue weighted by molar-refractivity contribution is 0.296. The van der Waals surface area contributed by atoms with Crippen LogP contribution in [0.5, 0.6) is 0 Å². The Kier molecular flexibility index (Phi) is 82.2. The summed E-state index contributed by atoms with van der Waals surface area (Å²) in [5.74, 6) is 0. The lowest BCUT2D eigenvalue weighted by atomic mass is 10.7. The van der Waals surface area contributed by atoms with Gasteiger partial charge in [0, 0.05) is 19.8 Å². The van der Waals surface area contributed by atoms with E-state index in [0.29, 0.717) is 6.54 Å². The molecule has 0 saturated carbocycles. The molecule has 0 radical (unpaired) electrons. The number of likely N-dealkylation sites (N-methyl/N-ethyl adjacent to an activating group) is 1.